The average molecular weight is 291 g/mol. The lowest BCUT2D eigenvalue weighted by Crippen LogP contribution is -2.47. The fourth-order valence-corrected chi connectivity index (χ4v) is 4.12. The number of rotatable bonds is 3. The van der Waals surface area contributed by atoms with Gasteiger partial charge in [0.2, 0.25) is 5.91 Å². The predicted octanol–water partition coefficient (Wildman–Crippen LogP) is 2.23. The van der Waals surface area contributed by atoms with Crippen molar-refractivity contribution in [2.24, 2.45) is 0 Å². The highest BCUT2D eigenvalue weighted by Crippen LogP contribution is 2.32. The first-order valence-corrected chi connectivity index (χ1v) is 8.46. The monoisotopic (exact) mass is 291 g/mol. The first-order chi connectivity index (χ1) is 9.83. The molecule has 2 fully saturated rings. The summed E-state index contributed by atoms with van der Waals surface area (Å²) < 4.78 is 0. The molecule has 1 saturated heterocycles. The molecule has 2 aliphatic rings. The van der Waals surface area contributed by atoms with Crippen LogP contribution in [0, 0.1) is 0 Å². The van der Waals surface area contributed by atoms with E-state index in [0.717, 1.165) is 24.2 Å². The van der Waals surface area contributed by atoms with Crippen molar-refractivity contribution in [3.05, 3.63) is 30.1 Å². The van der Waals surface area contributed by atoms with Gasteiger partial charge in [-0.2, -0.15) is 0 Å². The Morgan fingerprint density at radius 2 is 2.20 bits per heavy atom. The number of carbonyl (C=O) groups excluding carboxylic acids is 1. The summed E-state index contributed by atoms with van der Waals surface area (Å²) >= 11 is 1.78. The number of hydrogen-bond acceptors (Lipinski definition) is 4. The van der Waals surface area contributed by atoms with Crippen LogP contribution in [0.2, 0.25) is 0 Å². The van der Waals surface area contributed by atoms with Crippen molar-refractivity contribution in [3.8, 4) is 0 Å². The van der Waals surface area contributed by atoms with Gasteiger partial charge in [-0.3, -0.25) is 15.1 Å². The molecule has 0 aromatic carbocycles. The minimum atomic E-state index is -0.0767. The van der Waals surface area contributed by atoms with Crippen LogP contribution in [0.15, 0.2) is 24.5 Å². The summed E-state index contributed by atoms with van der Waals surface area (Å²) in [5.74, 6) is 0.994. The molecule has 0 radical (unpaired) electrons. The Labute approximate surface area is 124 Å². The van der Waals surface area contributed by atoms with Gasteiger partial charge in [-0.05, 0) is 24.5 Å². The zero-order chi connectivity index (χ0) is 13.8. The third-order valence-electron chi connectivity index (χ3n) is 4.04. The number of nitrogens with one attached hydrogen (secondary N) is 2. The average Bonchev–Trinajstić information content (AvgIpc) is 2.99. The second-order valence-corrected chi connectivity index (χ2v) is 6.70. The van der Waals surface area contributed by atoms with Crippen molar-refractivity contribution in [3.63, 3.8) is 0 Å². The van der Waals surface area contributed by atoms with E-state index in [2.05, 4.69) is 21.7 Å². The van der Waals surface area contributed by atoms with Gasteiger partial charge in [-0.25, -0.2) is 0 Å². The third kappa shape index (κ3) is 3.33. The van der Waals surface area contributed by atoms with E-state index in [1.807, 2.05) is 12.3 Å². The maximum atomic E-state index is 12.3. The smallest absolute Gasteiger partial charge is 0.238 e. The van der Waals surface area contributed by atoms with E-state index in [4.69, 9.17) is 0 Å². The van der Waals surface area contributed by atoms with E-state index in [1.165, 1.54) is 19.3 Å². The number of pyridine rings is 1. The number of hydrogen-bond donors (Lipinski definition) is 2. The van der Waals surface area contributed by atoms with Gasteiger partial charge < -0.3 is 5.32 Å². The molecule has 0 bridgehead atoms. The molecular weight excluding hydrogens is 270 g/mol. The van der Waals surface area contributed by atoms with Gasteiger partial charge in [0.05, 0.1) is 11.4 Å². The SMILES string of the molecule is O=C(NC1CCCCC1)C1CSC(c2cccnc2)N1. The quantitative estimate of drug-likeness (QED) is 0.897. The molecule has 2 heterocycles. The largest absolute Gasteiger partial charge is 0.352 e. The van der Waals surface area contributed by atoms with Gasteiger partial charge in [-0.15, -0.1) is 11.8 Å². The van der Waals surface area contributed by atoms with Gasteiger partial charge in [0.1, 0.15) is 0 Å². The zero-order valence-corrected chi connectivity index (χ0v) is 12.4. The van der Waals surface area contributed by atoms with E-state index in [0.29, 0.717) is 6.04 Å². The standard InChI is InChI=1S/C15H21N3OS/c19-14(17-12-6-2-1-3-7-12)13-10-20-15(18-13)11-5-4-8-16-9-11/h4-5,8-9,12-13,15,18H,1-3,6-7,10H2,(H,17,19). The first kappa shape index (κ1) is 13.9. The minimum absolute atomic E-state index is 0.0767. The second-order valence-electron chi connectivity index (χ2n) is 5.56. The van der Waals surface area contributed by atoms with Crippen LogP contribution in [0.5, 0.6) is 0 Å². The Morgan fingerprint density at radius 1 is 1.35 bits per heavy atom. The Hall–Kier alpha value is -1.07. The Balaban J connectivity index is 1.53. The van der Waals surface area contributed by atoms with Crippen molar-refractivity contribution in [1.29, 1.82) is 0 Å². The number of carbonyl (C=O) groups is 1. The molecular formula is C15H21N3OS. The summed E-state index contributed by atoms with van der Waals surface area (Å²) in [7, 11) is 0. The van der Waals surface area contributed by atoms with Crippen molar-refractivity contribution < 1.29 is 4.79 Å². The molecule has 1 aromatic heterocycles. The highest BCUT2D eigenvalue weighted by molar-refractivity contribution is 7.99. The van der Waals surface area contributed by atoms with Crippen LogP contribution in [0.1, 0.15) is 43.0 Å². The number of nitrogens with zero attached hydrogens (tertiary/aromatic N) is 1. The molecule has 4 nitrogen and oxygen atoms in total. The van der Waals surface area contributed by atoms with Crippen molar-refractivity contribution >= 4 is 17.7 Å². The molecule has 1 saturated carbocycles. The van der Waals surface area contributed by atoms with Crippen LogP contribution in [0.25, 0.3) is 0 Å². The van der Waals surface area contributed by atoms with E-state index in [-0.39, 0.29) is 17.3 Å². The molecule has 5 heteroatoms. The normalized spacial score (nSPS) is 27.4. The van der Waals surface area contributed by atoms with Crippen molar-refractivity contribution in [2.45, 2.75) is 49.6 Å². The Morgan fingerprint density at radius 3 is 2.95 bits per heavy atom. The molecule has 2 unspecified atom stereocenters. The maximum Gasteiger partial charge on any atom is 0.238 e. The predicted molar refractivity (Wildman–Crippen MR) is 81.4 cm³/mol. The van der Waals surface area contributed by atoms with Crippen LogP contribution >= 0.6 is 11.8 Å². The third-order valence-corrected chi connectivity index (χ3v) is 5.30. The zero-order valence-electron chi connectivity index (χ0n) is 11.5. The van der Waals surface area contributed by atoms with Crippen molar-refractivity contribution in [2.75, 3.05) is 5.75 Å². The highest BCUT2D eigenvalue weighted by atomic mass is 32.2. The molecule has 1 aromatic rings. The molecule has 2 atom stereocenters. The maximum absolute atomic E-state index is 12.3. The Bertz CT molecular complexity index is 448. The second kappa shape index (κ2) is 6.59. The highest BCUT2D eigenvalue weighted by Gasteiger charge is 2.31. The molecule has 1 aliphatic heterocycles. The lowest BCUT2D eigenvalue weighted by Gasteiger charge is -2.24. The van der Waals surface area contributed by atoms with E-state index < -0.39 is 0 Å². The molecule has 2 N–H and O–H groups in total. The summed E-state index contributed by atoms with van der Waals surface area (Å²) in [6.07, 6.45) is 9.72. The topological polar surface area (TPSA) is 54.0 Å². The summed E-state index contributed by atoms with van der Waals surface area (Å²) in [5.41, 5.74) is 1.14. The summed E-state index contributed by atoms with van der Waals surface area (Å²) in [6.45, 7) is 0. The summed E-state index contributed by atoms with van der Waals surface area (Å²) in [4.78, 5) is 16.4. The van der Waals surface area contributed by atoms with Gasteiger partial charge in [0.25, 0.3) is 0 Å². The van der Waals surface area contributed by atoms with Gasteiger partial charge >= 0.3 is 0 Å². The molecule has 3 rings (SSSR count). The minimum Gasteiger partial charge on any atom is -0.352 e. The van der Waals surface area contributed by atoms with Gasteiger partial charge in [0, 0.05) is 24.2 Å². The summed E-state index contributed by atoms with van der Waals surface area (Å²) in [6, 6.07) is 4.30. The van der Waals surface area contributed by atoms with E-state index in [9.17, 15) is 4.79 Å². The number of aromatic nitrogens is 1. The number of amides is 1. The van der Waals surface area contributed by atoms with E-state index >= 15 is 0 Å². The molecule has 108 valence electrons. The van der Waals surface area contributed by atoms with Crippen LogP contribution in [0.4, 0.5) is 0 Å². The molecule has 1 aliphatic carbocycles. The van der Waals surface area contributed by atoms with Gasteiger partial charge in [-0.1, -0.05) is 25.3 Å². The van der Waals surface area contributed by atoms with Crippen LogP contribution in [-0.2, 0) is 4.79 Å². The van der Waals surface area contributed by atoms with Crippen LogP contribution < -0.4 is 10.6 Å². The summed E-state index contributed by atoms with van der Waals surface area (Å²) in [5, 5.41) is 6.80. The van der Waals surface area contributed by atoms with Crippen LogP contribution in [0.3, 0.4) is 0 Å². The first-order valence-electron chi connectivity index (χ1n) is 7.41. The van der Waals surface area contributed by atoms with Gasteiger partial charge in [0.15, 0.2) is 0 Å². The molecule has 1 amide bonds. The van der Waals surface area contributed by atoms with Crippen molar-refractivity contribution in [1.82, 2.24) is 15.6 Å². The lowest BCUT2D eigenvalue weighted by atomic mass is 9.95. The molecule has 0 spiro atoms. The Kier molecular flexibility index (Phi) is 4.58. The van der Waals surface area contributed by atoms with Crippen LogP contribution in [-0.4, -0.2) is 28.7 Å². The number of thioether (sulfide) groups is 1. The van der Waals surface area contributed by atoms with E-state index in [1.54, 1.807) is 18.0 Å². The molecule has 20 heavy (non-hydrogen) atoms. The fraction of sp³-hybridized carbons (Fsp3) is 0.600. The fourth-order valence-electron chi connectivity index (χ4n) is 2.89. The lowest BCUT2D eigenvalue weighted by molar-refractivity contribution is -0.123.